The van der Waals surface area contributed by atoms with E-state index < -0.39 is 0 Å². The van der Waals surface area contributed by atoms with Crippen molar-refractivity contribution in [3.63, 3.8) is 0 Å². The summed E-state index contributed by atoms with van der Waals surface area (Å²) in [7, 11) is 1.88. The van der Waals surface area contributed by atoms with Gasteiger partial charge in [-0.3, -0.25) is 14.4 Å². The Bertz CT molecular complexity index is 405. The van der Waals surface area contributed by atoms with Crippen LogP contribution in [0.25, 0.3) is 0 Å². The lowest BCUT2D eigenvalue weighted by Gasteiger charge is -2.30. The zero-order valence-corrected chi connectivity index (χ0v) is 11.0. The molecule has 2 heterocycles. The minimum atomic E-state index is -0.0693. The van der Waals surface area contributed by atoms with E-state index in [9.17, 15) is 4.79 Å². The molecule has 0 bridgehead atoms. The lowest BCUT2D eigenvalue weighted by molar-refractivity contribution is -0.150. The summed E-state index contributed by atoms with van der Waals surface area (Å²) >= 11 is 0. The van der Waals surface area contributed by atoms with Gasteiger partial charge in [0.1, 0.15) is 12.2 Å². The fourth-order valence-corrected chi connectivity index (χ4v) is 2.31. The quantitative estimate of drug-likeness (QED) is 0.734. The number of hydrogen-bond acceptors (Lipinski definition) is 5. The van der Waals surface area contributed by atoms with Crippen molar-refractivity contribution >= 4 is 5.97 Å². The third-order valence-electron chi connectivity index (χ3n) is 3.30. The Labute approximate surface area is 107 Å². The second kappa shape index (κ2) is 5.95. The number of likely N-dealkylation sites (tertiary alicyclic amines) is 1. The van der Waals surface area contributed by atoms with Crippen LogP contribution in [0.1, 0.15) is 25.6 Å². The van der Waals surface area contributed by atoms with E-state index in [4.69, 9.17) is 4.74 Å². The van der Waals surface area contributed by atoms with Gasteiger partial charge in [0.15, 0.2) is 0 Å². The molecule has 0 spiro atoms. The Morgan fingerprint density at radius 2 is 2.44 bits per heavy atom. The standard InChI is InChI=1S/C12H20N4O2/c1-3-18-12(17)10-5-4-6-16(7-10)8-11-13-9-14-15(11)2/h9-10H,3-8H2,1-2H3/t10-/m1/s1. The van der Waals surface area contributed by atoms with Gasteiger partial charge in [0.25, 0.3) is 0 Å². The van der Waals surface area contributed by atoms with Crippen LogP contribution in [0.4, 0.5) is 0 Å². The van der Waals surface area contributed by atoms with Gasteiger partial charge >= 0.3 is 5.97 Å². The molecule has 0 saturated carbocycles. The molecule has 1 aliphatic heterocycles. The van der Waals surface area contributed by atoms with E-state index in [1.165, 1.54) is 0 Å². The van der Waals surface area contributed by atoms with E-state index in [1.807, 2.05) is 14.0 Å². The van der Waals surface area contributed by atoms with Crippen LogP contribution in [0.2, 0.25) is 0 Å². The monoisotopic (exact) mass is 252 g/mol. The zero-order chi connectivity index (χ0) is 13.0. The van der Waals surface area contributed by atoms with Crippen molar-refractivity contribution in [3.05, 3.63) is 12.2 Å². The SMILES string of the molecule is CCOC(=O)[C@@H]1CCCN(Cc2ncnn2C)C1. The molecule has 6 heteroatoms. The minimum absolute atomic E-state index is 0.00641. The van der Waals surface area contributed by atoms with Crippen LogP contribution in [0.5, 0.6) is 0 Å². The molecule has 1 aliphatic rings. The molecule has 1 atom stereocenters. The van der Waals surface area contributed by atoms with Gasteiger partial charge in [-0.1, -0.05) is 0 Å². The summed E-state index contributed by atoms with van der Waals surface area (Å²) in [6, 6.07) is 0. The highest BCUT2D eigenvalue weighted by molar-refractivity contribution is 5.72. The Balaban J connectivity index is 1.91. The number of aromatic nitrogens is 3. The molecule has 100 valence electrons. The van der Waals surface area contributed by atoms with Crippen LogP contribution in [0, 0.1) is 5.92 Å². The van der Waals surface area contributed by atoms with Crippen molar-refractivity contribution in [1.29, 1.82) is 0 Å². The summed E-state index contributed by atoms with van der Waals surface area (Å²) in [5, 5.41) is 4.05. The first kappa shape index (κ1) is 13.0. The molecule has 0 aliphatic carbocycles. The topological polar surface area (TPSA) is 60.2 Å². The summed E-state index contributed by atoms with van der Waals surface area (Å²) in [5.41, 5.74) is 0. The molecule has 0 aromatic carbocycles. The van der Waals surface area contributed by atoms with Crippen LogP contribution < -0.4 is 0 Å². The molecule has 0 radical (unpaired) electrons. The molecule has 0 amide bonds. The first-order valence-corrected chi connectivity index (χ1v) is 6.42. The van der Waals surface area contributed by atoms with Gasteiger partial charge in [0, 0.05) is 13.6 Å². The highest BCUT2D eigenvalue weighted by atomic mass is 16.5. The van der Waals surface area contributed by atoms with Crippen molar-refractivity contribution in [3.8, 4) is 0 Å². The number of ether oxygens (including phenoxy) is 1. The normalized spacial score (nSPS) is 20.9. The zero-order valence-electron chi connectivity index (χ0n) is 11.0. The minimum Gasteiger partial charge on any atom is -0.466 e. The number of nitrogens with zero attached hydrogens (tertiary/aromatic N) is 4. The predicted molar refractivity (Wildman–Crippen MR) is 65.6 cm³/mol. The molecule has 18 heavy (non-hydrogen) atoms. The van der Waals surface area contributed by atoms with E-state index in [0.29, 0.717) is 6.61 Å². The fourth-order valence-electron chi connectivity index (χ4n) is 2.31. The van der Waals surface area contributed by atoms with Crippen molar-refractivity contribution in [2.45, 2.75) is 26.3 Å². The van der Waals surface area contributed by atoms with Gasteiger partial charge < -0.3 is 4.74 Å². The number of carbonyl (C=O) groups excluding carboxylic acids is 1. The molecule has 1 aromatic rings. The maximum atomic E-state index is 11.7. The van der Waals surface area contributed by atoms with Crippen molar-refractivity contribution in [2.24, 2.45) is 13.0 Å². The van der Waals surface area contributed by atoms with Crippen LogP contribution in [-0.2, 0) is 23.1 Å². The lowest BCUT2D eigenvalue weighted by Crippen LogP contribution is -2.39. The fraction of sp³-hybridized carbons (Fsp3) is 0.750. The molecule has 1 saturated heterocycles. The second-order valence-electron chi connectivity index (χ2n) is 4.63. The molecular formula is C12H20N4O2. The Kier molecular flexibility index (Phi) is 4.30. The summed E-state index contributed by atoms with van der Waals surface area (Å²) in [5.74, 6) is 0.867. The van der Waals surface area contributed by atoms with Gasteiger partial charge in [-0.2, -0.15) is 5.10 Å². The third-order valence-corrected chi connectivity index (χ3v) is 3.30. The van der Waals surface area contributed by atoms with Crippen LogP contribution >= 0.6 is 0 Å². The highest BCUT2D eigenvalue weighted by Gasteiger charge is 2.27. The Hall–Kier alpha value is -1.43. The number of aryl methyl sites for hydroxylation is 1. The summed E-state index contributed by atoms with van der Waals surface area (Å²) in [6.45, 7) is 4.80. The summed E-state index contributed by atoms with van der Waals surface area (Å²) in [6.07, 6.45) is 3.51. The van der Waals surface area contributed by atoms with E-state index in [1.54, 1.807) is 11.0 Å². The largest absolute Gasteiger partial charge is 0.466 e. The smallest absolute Gasteiger partial charge is 0.310 e. The maximum absolute atomic E-state index is 11.7. The summed E-state index contributed by atoms with van der Waals surface area (Å²) < 4.78 is 6.86. The van der Waals surface area contributed by atoms with Gasteiger partial charge in [-0.25, -0.2) is 4.98 Å². The Morgan fingerprint density at radius 3 is 3.11 bits per heavy atom. The van der Waals surface area contributed by atoms with Crippen LogP contribution in [0.15, 0.2) is 6.33 Å². The highest BCUT2D eigenvalue weighted by Crippen LogP contribution is 2.19. The van der Waals surface area contributed by atoms with Crippen molar-refractivity contribution < 1.29 is 9.53 Å². The number of piperidine rings is 1. The van der Waals surface area contributed by atoms with E-state index in [-0.39, 0.29) is 11.9 Å². The molecule has 2 rings (SSSR count). The van der Waals surface area contributed by atoms with Crippen molar-refractivity contribution in [2.75, 3.05) is 19.7 Å². The van der Waals surface area contributed by atoms with E-state index >= 15 is 0 Å². The molecule has 6 nitrogen and oxygen atoms in total. The number of esters is 1. The average molecular weight is 252 g/mol. The van der Waals surface area contributed by atoms with Gasteiger partial charge in [-0.05, 0) is 26.3 Å². The molecule has 0 unspecified atom stereocenters. The Morgan fingerprint density at radius 1 is 1.61 bits per heavy atom. The van der Waals surface area contributed by atoms with Gasteiger partial charge in [0.05, 0.1) is 19.1 Å². The van der Waals surface area contributed by atoms with E-state index in [2.05, 4.69) is 15.0 Å². The van der Waals surface area contributed by atoms with Gasteiger partial charge in [0.2, 0.25) is 0 Å². The van der Waals surface area contributed by atoms with Crippen LogP contribution in [0.3, 0.4) is 0 Å². The first-order valence-electron chi connectivity index (χ1n) is 6.42. The number of carbonyl (C=O) groups is 1. The number of rotatable bonds is 4. The van der Waals surface area contributed by atoms with Gasteiger partial charge in [-0.15, -0.1) is 0 Å². The first-order chi connectivity index (χ1) is 8.70. The summed E-state index contributed by atoms with van der Waals surface area (Å²) in [4.78, 5) is 18.2. The lowest BCUT2D eigenvalue weighted by atomic mass is 9.98. The second-order valence-corrected chi connectivity index (χ2v) is 4.63. The molecule has 0 N–H and O–H groups in total. The molecule has 1 aromatic heterocycles. The molecule has 1 fully saturated rings. The van der Waals surface area contributed by atoms with Crippen molar-refractivity contribution in [1.82, 2.24) is 19.7 Å². The average Bonchev–Trinajstić information content (AvgIpc) is 2.76. The number of hydrogen-bond donors (Lipinski definition) is 0. The van der Waals surface area contributed by atoms with E-state index in [0.717, 1.165) is 38.3 Å². The predicted octanol–water partition coefficient (Wildman–Crippen LogP) is 0.590. The third kappa shape index (κ3) is 3.07. The maximum Gasteiger partial charge on any atom is 0.310 e. The van der Waals surface area contributed by atoms with Crippen LogP contribution in [-0.4, -0.2) is 45.3 Å². The molecular weight excluding hydrogens is 232 g/mol.